The third-order valence-corrected chi connectivity index (χ3v) is 1.77. The Balaban J connectivity index is 2.92. The lowest BCUT2D eigenvalue weighted by molar-refractivity contribution is 0.0509. The number of ether oxygens (including phenoxy) is 2. The molecule has 80 valence electrons. The van der Waals surface area contributed by atoms with Gasteiger partial charge in [0, 0.05) is 7.11 Å². The molecule has 0 fully saturated rings. The first-order chi connectivity index (χ1) is 7.27. The van der Waals surface area contributed by atoms with Crippen molar-refractivity contribution in [2.45, 2.75) is 6.92 Å². The number of aliphatic hydroxyl groups is 1. The second-order valence-corrected chi connectivity index (χ2v) is 3.01. The highest BCUT2D eigenvalue weighted by Crippen LogP contribution is 2.18. The summed E-state index contributed by atoms with van der Waals surface area (Å²) in [6.45, 7) is 2.01. The first-order valence-electron chi connectivity index (χ1n) is 4.60. The SMILES string of the molecule is COCOc1ccc(C)cc1C#CCO. The van der Waals surface area contributed by atoms with Gasteiger partial charge in [0.15, 0.2) is 6.79 Å². The number of hydrogen-bond acceptors (Lipinski definition) is 3. The zero-order valence-electron chi connectivity index (χ0n) is 8.91. The lowest BCUT2D eigenvalue weighted by atomic mass is 10.1. The Kier molecular flexibility index (Phi) is 4.69. The van der Waals surface area contributed by atoms with Crippen LogP contribution >= 0.6 is 0 Å². The van der Waals surface area contributed by atoms with Crippen LogP contribution in [0.1, 0.15) is 11.1 Å². The molecule has 3 heteroatoms. The Morgan fingerprint density at radius 3 is 2.87 bits per heavy atom. The second kappa shape index (κ2) is 6.07. The van der Waals surface area contributed by atoms with Gasteiger partial charge in [0.2, 0.25) is 0 Å². The molecule has 15 heavy (non-hydrogen) atoms. The molecule has 0 radical (unpaired) electrons. The van der Waals surface area contributed by atoms with E-state index in [1.807, 2.05) is 25.1 Å². The maximum absolute atomic E-state index is 8.62. The van der Waals surface area contributed by atoms with Gasteiger partial charge in [0.25, 0.3) is 0 Å². The summed E-state index contributed by atoms with van der Waals surface area (Å²) >= 11 is 0. The minimum atomic E-state index is -0.155. The predicted molar refractivity (Wildman–Crippen MR) is 57.6 cm³/mol. The molecule has 0 aliphatic heterocycles. The van der Waals surface area contributed by atoms with Crippen molar-refractivity contribution in [1.82, 2.24) is 0 Å². The summed E-state index contributed by atoms with van der Waals surface area (Å²) in [6, 6.07) is 5.69. The summed E-state index contributed by atoms with van der Waals surface area (Å²) in [5.74, 6) is 6.10. The van der Waals surface area contributed by atoms with Crippen LogP contribution < -0.4 is 4.74 Å². The van der Waals surface area contributed by atoms with Gasteiger partial charge in [-0.25, -0.2) is 0 Å². The molecule has 0 saturated carbocycles. The van der Waals surface area contributed by atoms with Crippen LogP contribution in [0.5, 0.6) is 5.75 Å². The van der Waals surface area contributed by atoms with E-state index in [0.717, 1.165) is 11.1 Å². The van der Waals surface area contributed by atoms with Crippen LogP contribution in [-0.2, 0) is 4.74 Å². The van der Waals surface area contributed by atoms with Gasteiger partial charge < -0.3 is 14.6 Å². The third-order valence-electron chi connectivity index (χ3n) is 1.77. The molecule has 3 nitrogen and oxygen atoms in total. The Hall–Kier alpha value is -1.50. The summed E-state index contributed by atoms with van der Waals surface area (Å²) in [6.07, 6.45) is 0. The average molecular weight is 206 g/mol. The van der Waals surface area contributed by atoms with E-state index >= 15 is 0 Å². The number of rotatable bonds is 3. The maximum atomic E-state index is 8.62. The molecule has 0 saturated heterocycles. The van der Waals surface area contributed by atoms with E-state index in [4.69, 9.17) is 14.6 Å². The molecule has 0 aliphatic carbocycles. The first kappa shape index (κ1) is 11.6. The van der Waals surface area contributed by atoms with Crippen LogP contribution in [0, 0.1) is 18.8 Å². The number of hydrogen-bond donors (Lipinski definition) is 1. The van der Waals surface area contributed by atoms with Gasteiger partial charge in [-0.05, 0) is 24.6 Å². The van der Waals surface area contributed by atoms with Crippen LogP contribution in [0.15, 0.2) is 18.2 Å². The third kappa shape index (κ3) is 3.62. The lowest BCUT2D eigenvalue weighted by Gasteiger charge is -2.07. The molecule has 1 aromatic carbocycles. The first-order valence-corrected chi connectivity index (χ1v) is 4.60. The quantitative estimate of drug-likeness (QED) is 0.599. The predicted octanol–water partition coefficient (Wildman–Crippen LogP) is 1.32. The van der Waals surface area contributed by atoms with E-state index < -0.39 is 0 Å². The van der Waals surface area contributed by atoms with Crippen LogP contribution in [0.4, 0.5) is 0 Å². The molecule has 1 N–H and O–H groups in total. The van der Waals surface area contributed by atoms with E-state index in [9.17, 15) is 0 Å². The van der Waals surface area contributed by atoms with E-state index in [2.05, 4.69) is 11.8 Å². The fourth-order valence-electron chi connectivity index (χ4n) is 1.12. The Bertz CT molecular complexity index is 374. The molecule has 0 amide bonds. The molecule has 0 atom stereocenters. The molecular formula is C12H14O3. The molecule has 0 bridgehead atoms. The smallest absolute Gasteiger partial charge is 0.188 e. The highest BCUT2D eigenvalue weighted by Gasteiger charge is 2.00. The normalized spacial score (nSPS) is 9.27. The van der Waals surface area contributed by atoms with Crippen molar-refractivity contribution in [1.29, 1.82) is 0 Å². The van der Waals surface area contributed by atoms with Crippen LogP contribution in [0.3, 0.4) is 0 Å². The average Bonchev–Trinajstić information content (AvgIpc) is 2.25. The molecule has 0 aliphatic rings. The Morgan fingerprint density at radius 2 is 2.20 bits per heavy atom. The molecule has 0 spiro atoms. The summed E-state index contributed by atoms with van der Waals surface area (Å²) in [5, 5.41) is 8.62. The Labute approximate surface area is 89.6 Å². The van der Waals surface area contributed by atoms with Crippen molar-refractivity contribution in [3.8, 4) is 17.6 Å². The van der Waals surface area contributed by atoms with Gasteiger partial charge in [-0.2, -0.15) is 0 Å². The highest BCUT2D eigenvalue weighted by molar-refractivity contribution is 5.48. The van der Waals surface area contributed by atoms with Crippen molar-refractivity contribution in [3.63, 3.8) is 0 Å². The standard InChI is InChI=1S/C12H14O3/c1-10-5-6-12(15-9-14-2)11(8-10)4-3-7-13/h5-6,8,13H,7,9H2,1-2H3. The summed E-state index contributed by atoms with van der Waals surface area (Å²) in [5.41, 5.74) is 1.86. The number of methoxy groups -OCH3 is 1. The van der Waals surface area contributed by atoms with Gasteiger partial charge in [-0.1, -0.05) is 17.9 Å². The summed E-state index contributed by atoms with van der Waals surface area (Å²) < 4.78 is 10.1. The maximum Gasteiger partial charge on any atom is 0.188 e. The van der Waals surface area contributed by atoms with Gasteiger partial charge in [0.1, 0.15) is 12.4 Å². The number of aliphatic hydroxyl groups excluding tert-OH is 1. The topological polar surface area (TPSA) is 38.7 Å². The van der Waals surface area contributed by atoms with Crippen molar-refractivity contribution < 1.29 is 14.6 Å². The highest BCUT2D eigenvalue weighted by atomic mass is 16.7. The molecular weight excluding hydrogens is 192 g/mol. The number of aryl methyl sites for hydroxylation is 1. The fourth-order valence-corrected chi connectivity index (χ4v) is 1.12. The van der Waals surface area contributed by atoms with Gasteiger partial charge >= 0.3 is 0 Å². The monoisotopic (exact) mass is 206 g/mol. The van der Waals surface area contributed by atoms with E-state index in [0.29, 0.717) is 5.75 Å². The molecule has 0 heterocycles. The largest absolute Gasteiger partial charge is 0.466 e. The van der Waals surface area contributed by atoms with Crippen molar-refractivity contribution in [2.24, 2.45) is 0 Å². The fraction of sp³-hybridized carbons (Fsp3) is 0.333. The molecule has 0 aromatic heterocycles. The van der Waals surface area contributed by atoms with Crippen molar-refractivity contribution in [2.75, 3.05) is 20.5 Å². The second-order valence-electron chi connectivity index (χ2n) is 3.01. The number of benzene rings is 1. The van der Waals surface area contributed by atoms with Crippen molar-refractivity contribution >= 4 is 0 Å². The van der Waals surface area contributed by atoms with E-state index in [1.165, 1.54) is 0 Å². The lowest BCUT2D eigenvalue weighted by Crippen LogP contribution is -2.00. The van der Waals surface area contributed by atoms with Gasteiger partial charge in [0.05, 0.1) is 5.56 Å². The van der Waals surface area contributed by atoms with Gasteiger partial charge in [-0.15, -0.1) is 0 Å². The van der Waals surface area contributed by atoms with E-state index in [1.54, 1.807) is 7.11 Å². The van der Waals surface area contributed by atoms with Crippen LogP contribution in [0.2, 0.25) is 0 Å². The molecule has 0 unspecified atom stereocenters. The Morgan fingerprint density at radius 1 is 1.40 bits per heavy atom. The van der Waals surface area contributed by atoms with Crippen molar-refractivity contribution in [3.05, 3.63) is 29.3 Å². The molecule has 1 rings (SSSR count). The van der Waals surface area contributed by atoms with Crippen LogP contribution in [-0.4, -0.2) is 25.6 Å². The minimum absolute atomic E-state index is 0.155. The van der Waals surface area contributed by atoms with Gasteiger partial charge in [-0.3, -0.25) is 0 Å². The zero-order valence-corrected chi connectivity index (χ0v) is 8.91. The molecule has 1 aromatic rings. The zero-order chi connectivity index (χ0) is 11.1. The van der Waals surface area contributed by atoms with E-state index in [-0.39, 0.29) is 13.4 Å². The summed E-state index contributed by atoms with van der Waals surface area (Å²) in [7, 11) is 1.56. The minimum Gasteiger partial charge on any atom is -0.466 e. The van der Waals surface area contributed by atoms with Crippen LogP contribution in [0.25, 0.3) is 0 Å². The summed E-state index contributed by atoms with van der Waals surface area (Å²) in [4.78, 5) is 0.